The van der Waals surface area contributed by atoms with Crippen molar-refractivity contribution >= 4 is 17.3 Å². The van der Waals surface area contributed by atoms with Crippen LogP contribution in [0.1, 0.15) is 23.5 Å². The van der Waals surface area contributed by atoms with E-state index in [2.05, 4.69) is 0 Å². The number of esters is 1. The standard InChI is InChI=1S/C10H15NO3S/c1-3-14-10(13)8(11)9(12)7-4-6(2)5-15-7/h4-5,8-9,12H,3,11H2,1-2H3/t8-,9-/m1/s1. The molecular formula is C10H15NO3S. The quantitative estimate of drug-likeness (QED) is 0.755. The minimum atomic E-state index is -1.01. The minimum Gasteiger partial charge on any atom is -0.465 e. The molecule has 1 rings (SSSR count). The van der Waals surface area contributed by atoms with Crippen molar-refractivity contribution < 1.29 is 14.6 Å². The first-order chi connectivity index (χ1) is 7.06. The molecule has 4 nitrogen and oxygen atoms in total. The highest BCUT2D eigenvalue weighted by atomic mass is 32.1. The van der Waals surface area contributed by atoms with Gasteiger partial charge in [-0.2, -0.15) is 0 Å². The number of nitrogens with two attached hydrogens (primary N) is 1. The number of hydrogen-bond acceptors (Lipinski definition) is 5. The molecule has 0 radical (unpaired) electrons. The Kier molecular flexibility index (Phi) is 4.26. The van der Waals surface area contributed by atoms with Crippen molar-refractivity contribution in [3.63, 3.8) is 0 Å². The smallest absolute Gasteiger partial charge is 0.326 e. The molecule has 0 fully saturated rings. The molecule has 84 valence electrons. The molecule has 2 atom stereocenters. The third-order valence-corrected chi connectivity index (χ3v) is 3.06. The van der Waals surface area contributed by atoms with E-state index >= 15 is 0 Å². The Bertz CT molecular complexity index is 337. The summed E-state index contributed by atoms with van der Waals surface area (Å²) in [5.41, 5.74) is 6.62. The van der Waals surface area contributed by atoms with Crippen LogP contribution in [-0.4, -0.2) is 23.7 Å². The summed E-state index contributed by atoms with van der Waals surface area (Å²) in [6.45, 7) is 3.89. The summed E-state index contributed by atoms with van der Waals surface area (Å²) in [4.78, 5) is 12.0. The second kappa shape index (κ2) is 5.25. The maximum absolute atomic E-state index is 11.3. The molecule has 0 aromatic carbocycles. The average Bonchev–Trinajstić information content (AvgIpc) is 2.63. The molecule has 0 bridgehead atoms. The summed E-state index contributed by atoms with van der Waals surface area (Å²) in [6.07, 6.45) is -0.984. The Labute approximate surface area is 92.7 Å². The van der Waals surface area contributed by atoms with Gasteiger partial charge in [-0.05, 0) is 30.9 Å². The van der Waals surface area contributed by atoms with E-state index in [1.165, 1.54) is 11.3 Å². The predicted octanol–water partition coefficient (Wildman–Crippen LogP) is 0.980. The van der Waals surface area contributed by atoms with E-state index in [1.807, 2.05) is 18.4 Å². The fourth-order valence-corrected chi connectivity index (χ4v) is 2.08. The van der Waals surface area contributed by atoms with Crippen molar-refractivity contribution in [2.75, 3.05) is 6.61 Å². The van der Waals surface area contributed by atoms with Gasteiger partial charge >= 0.3 is 5.97 Å². The fourth-order valence-electron chi connectivity index (χ4n) is 1.15. The number of ether oxygens (including phenoxy) is 1. The van der Waals surface area contributed by atoms with Crippen molar-refractivity contribution in [3.8, 4) is 0 Å². The van der Waals surface area contributed by atoms with E-state index in [4.69, 9.17) is 10.5 Å². The summed E-state index contributed by atoms with van der Waals surface area (Å²) < 4.78 is 4.73. The van der Waals surface area contributed by atoms with Crippen molar-refractivity contribution in [2.24, 2.45) is 5.73 Å². The zero-order valence-corrected chi connectivity index (χ0v) is 9.58. The van der Waals surface area contributed by atoms with Crippen LogP contribution in [0.4, 0.5) is 0 Å². The van der Waals surface area contributed by atoms with Crippen LogP contribution in [0.15, 0.2) is 11.4 Å². The van der Waals surface area contributed by atoms with Gasteiger partial charge in [-0.1, -0.05) is 0 Å². The molecule has 1 heterocycles. The fraction of sp³-hybridized carbons (Fsp3) is 0.500. The Morgan fingerprint density at radius 2 is 2.40 bits per heavy atom. The van der Waals surface area contributed by atoms with Gasteiger partial charge in [0, 0.05) is 4.88 Å². The van der Waals surface area contributed by atoms with Crippen LogP contribution in [0, 0.1) is 6.92 Å². The Hall–Kier alpha value is -0.910. The summed E-state index contributed by atoms with van der Waals surface area (Å²) in [6, 6.07) is 0.803. The van der Waals surface area contributed by atoms with Crippen LogP contribution in [-0.2, 0) is 9.53 Å². The molecule has 0 amide bonds. The van der Waals surface area contributed by atoms with E-state index < -0.39 is 18.1 Å². The van der Waals surface area contributed by atoms with Gasteiger partial charge in [0.25, 0.3) is 0 Å². The first kappa shape index (κ1) is 12.2. The van der Waals surface area contributed by atoms with Crippen LogP contribution >= 0.6 is 11.3 Å². The molecule has 15 heavy (non-hydrogen) atoms. The van der Waals surface area contributed by atoms with Gasteiger partial charge in [-0.3, -0.25) is 4.79 Å². The zero-order chi connectivity index (χ0) is 11.4. The van der Waals surface area contributed by atoms with Gasteiger partial charge in [0.1, 0.15) is 12.1 Å². The van der Waals surface area contributed by atoms with Gasteiger partial charge in [-0.15, -0.1) is 11.3 Å². The van der Waals surface area contributed by atoms with Crippen molar-refractivity contribution in [1.29, 1.82) is 0 Å². The minimum absolute atomic E-state index is 0.267. The summed E-state index contributed by atoms with van der Waals surface area (Å²) in [5, 5.41) is 11.7. The van der Waals surface area contributed by atoms with Crippen molar-refractivity contribution in [3.05, 3.63) is 21.9 Å². The predicted molar refractivity (Wildman–Crippen MR) is 58.6 cm³/mol. The Morgan fingerprint density at radius 1 is 1.73 bits per heavy atom. The molecule has 1 aromatic heterocycles. The highest BCUT2D eigenvalue weighted by Crippen LogP contribution is 2.23. The van der Waals surface area contributed by atoms with Gasteiger partial charge in [0.15, 0.2) is 0 Å². The lowest BCUT2D eigenvalue weighted by molar-refractivity contribution is -0.147. The van der Waals surface area contributed by atoms with Crippen LogP contribution < -0.4 is 5.73 Å². The molecule has 0 saturated carbocycles. The number of thiophene rings is 1. The molecule has 0 aliphatic carbocycles. The maximum Gasteiger partial charge on any atom is 0.326 e. The average molecular weight is 229 g/mol. The molecule has 0 aliphatic rings. The normalized spacial score (nSPS) is 14.7. The molecule has 0 aliphatic heterocycles. The summed E-state index contributed by atoms with van der Waals surface area (Å²) in [5.74, 6) is -0.573. The van der Waals surface area contributed by atoms with E-state index in [0.717, 1.165) is 5.56 Å². The molecule has 5 heteroatoms. The lowest BCUT2D eigenvalue weighted by atomic mass is 10.1. The monoisotopic (exact) mass is 229 g/mol. The largest absolute Gasteiger partial charge is 0.465 e. The molecule has 0 unspecified atom stereocenters. The topological polar surface area (TPSA) is 72.5 Å². The van der Waals surface area contributed by atoms with Gasteiger partial charge < -0.3 is 15.6 Å². The third-order valence-electron chi connectivity index (χ3n) is 1.94. The van der Waals surface area contributed by atoms with Crippen LogP contribution in [0.5, 0.6) is 0 Å². The van der Waals surface area contributed by atoms with Gasteiger partial charge in [0.05, 0.1) is 6.61 Å². The molecule has 0 spiro atoms. The van der Waals surface area contributed by atoms with Gasteiger partial charge in [-0.25, -0.2) is 0 Å². The molecule has 1 aromatic rings. The summed E-state index contributed by atoms with van der Waals surface area (Å²) in [7, 11) is 0. The number of aliphatic hydroxyl groups excluding tert-OH is 1. The van der Waals surface area contributed by atoms with Crippen molar-refractivity contribution in [1.82, 2.24) is 0 Å². The number of aliphatic hydroxyl groups is 1. The Morgan fingerprint density at radius 3 is 2.87 bits per heavy atom. The lowest BCUT2D eigenvalue weighted by Gasteiger charge is -2.15. The second-order valence-electron chi connectivity index (χ2n) is 3.25. The highest BCUT2D eigenvalue weighted by molar-refractivity contribution is 7.10. The van der Waals surface area contributed by atoms with E-state index in [-0.39, 0.29) is 6.61 Å². The van der Waals surface area contributed by atoms with Crippen LogP contribution in [0.2, 0.25) is 0 Å². The first-order valence-electron chi connectivity index (χ1n) is 4.71. The molecule has 3 N–H and O–H groups in total. The highest BCUT2D eigenvalue weighted by Gasteiger charge is 2.26. The van der Waals surface area contributed by atoms with Crippen LogP contribution in [0.3, 0.4) is 0 Å². The number of carbonyl (C=O) groups is 1. The molecular weight excluding hydrogens is 214 g/mol. The molecule has 0 saturated heterocycles. The number of hydrogen-bond donors (Lipinski definition) is 2. The number of carbonyl (C=O) groups excluding carboxylic acids is 1. The Balaban J connectivity index is 2.67. The maximum atomic E-state index is 11.3. The first-order valence-corrected chi connectivity index (χ1v) is 5.59. The number of rotatable bonds is 4. The van der Waals surface area contributed by atoms with E-state index in [9.17, 15) is 9.90 Å². The van der Waals surface area contributed by atoms with E-state index in [1.54, 1.807) is 6.92 Å². The third kappa shape index (κ3) is 3.02. The number of aryl methyl sites for hydroxylation is 1. The second-order valence-corrected chi connectivity index (χ2v) is 4.19. The zero-order valence-electron chi connectivity index (χ0n) is 8.77. The van der Waals surface area contributed by atoms with Crippen molar-refractivity contribution in [2.45, 2.75) is 26.0 Å². The van der Waals surface area contributed by atoms with Gasteiger partial charge in [0.2, 0.25) is 0 Å². The lowest BCUT2D eigenvalue weighted by Crippen LogP contribution is -2.37. The summed E-state index contributed by atoms with van der Waals surface area (Å²) >= 11 is 1.38. The van der Waals surface area contributed by atoms with Crippen LogP contribution in [0.25, 0.3) is 0 Å². The van der Waals surface area contributed by atoms with E-state index in [0.29, 0.717) is 4.88 Å². The SMILES string of the molecule is CCOC(=O)[C@H](N)[C@H](O)c1cc(C)cs1.